The molecule has 0 bridgehead atoms. The Bertz CT molecular complexity index is 948. The molecule has 0 fully saturated rings. The predicted octanol–water partition coefficient (Wildman–Crippen LogP) is 5.39. The second-order valence-corrected chi connectivity index (χ2v) is 7.86. The molecule has 6 heteroatoms. The molecule has 2 aromatic carbocycles. The first-order valence-electron chi connectivity index (χ1n) is 7.76. The normalized spacial score (nSPS) is 10.7. The minimum atomic E-state index is -0.0838. The minimum absolute atomic E-state index is 0.0838. The summed E-state index contributed by atoms with van der Waals surface area (Å²) < 4.78 is 0.998. The van der Waals surface area contributed by atoms with Gasteiger partial charge >= 0.3 is 0 Å². The van der Waals surface area contributed by atoms with Gasteiger partial charge in [0.2, 0.25) is 5.78 Å². The number of carbonyl (C=O) groups excluding carboxylic acids is 1. The summed E-state index contributed by atoms with van der Waals surface area (Å²) in [7, 11) is 0. The largest absolute Gasteiger partial charge is 0.382 e. The first-order chi connectivity index (χ1) is 11.8. The summed E-state index contributed by atoms with van der Waals surface area (Å²) in [6.45, 7) is 5.98. The van der Waals surface area contributed by atoms with E-state index < -0.39 is 0 Å². The Morgan fingerprint density at radius 2 is 1.72 bits per heavy atom. The van der Waals surface area contributed by atoms with Crippen molar-refractivity contribution in [2.75, 3.05) is 11.1 Å². The van der Waals surface area contributed by atoms with Gasteiger partial charge in [-0.15, -0.1) is 0 Å². The van der Waals surface area contributed by atoms with Crippen LogP contribution in [0.1, 0.15) is 31.9 Å². The number of halogens is 1. The van der Waals surface area contributed by atoms with E-state index in [0.717, 1.165) is 21.3 Å². The summed E-state index contributed by atoms with van der Waals surface area (Å²) in [5.74, 6) is 0.173. The Labute approximate surface area is 159 Å². The molecule has 25 heavy (non-hydrogen) atoms. The third-order valence-corrected chi connectivity index (χ3v) is 5.55. The van der Waals surface area contributed by atoms with Crippen molar-refractivity contribution >= 4 is 49.7 Å². The number of thiazole rings is 1. The topological polar surface area (TPSA) is 68.0 Å². The fourth-order valence-corrected chi connectivity index (χ4v) is 3.66. The Balaban J connectivity index is 1.91. The van der Waals surface area contributed by atoms with Gasteiger partial charge in [-0.3, -0.25) is 4.79 Å². The standard InChI is InChI=1S/C19H18BrN3OS/c1-10-8-12(3)15(9-11(10)2)16(24)17-18(21)23-19(25-17)22-14-6-4-13(20)5-7-14/h4-9H,21H2,1-3H3,(H,22,23). The van der Waals surface area contributed by atoms with E-state index in [-0.39, 0.29) is 11.6 Å². The number of carbonyl (C=O) groups is 1. The van der Waals surface area contributed by atoms with Crippen molar-refractivity contribution in [2.24, 2.45) is 0 Å². The predicted molar refractivity (Wildman–Crippen MR) is 108 cm³/mol. The lowest BCUT2D eigenvalue weighted by molar-refractivity contribution is 0.104. The molecule has 3 rings (SSSR count). The molecular formula is C19H18BrN3OS. The fraction of sp³-hybridized carbons (Fsp3) is 0.158. The number of nitrogens with one attached hydrogen (secondary N) is 1. The van der Waals surface area contributed by atoms with Gasteiger partial charge in [0.25, 0.3) is 0 Å². The Morgan fingerprint density at radius 1 is 1.08 bits per heavy atom. The third-order valence-electron chi connectivity index (χ3n) is 4.04. The summed E-state index contributed by atoms with van der Waals surface area (Å²) in [4.78, 5) is 17.7. The van der Waals surface area contributed by atoms with Crippen molar-refractivity contribution in [3.05, 3.63) is 68.0 Å². The molecule has 0 atom stereocenters. The number of hydrogen-bond donors (Lipinski definition) is 2. The maximum atomic E-state index is 12.9. The summed E-state index contributed by atoms with van der Waals surface area (Å²) in [5, 5.41) is 3.79. The minimum Gasteiger partial charge on any atom is -0.382 e. The van der Waals surface area contributed by atoms with Crippen LogP contribution in [0.15, 0.2) is 40.9 Å². The second-order valence-electron chi connectivity index (χ2n) is 5.95. The number of aryl methyl sites for hydroxylation is 3. The quantitative estimate of drug-likeness (QED) is 0.560. The van der Waals surface area contributed by atoms with E-state index in [1.807, 2.05) is 57.2 Å². The average molecular weight is 416 g/mol. The molecule has 0 amide bonds. The van der Waals surface area contributed by atoms with E-state index >= 15 is 0 Å². The van der Waals surface area contributed by atoms with Crippen LogP contribution in [-0.2, 0) is 0 Å². The van der Waals surface area contributed by atoms with Gasteiger partial charge in [-0.1, -0.05) is 33.3 Å². The van der Waals surface area contributed by atoms with Crippen LogP contribution in [-0.4, -0.2) is 10.8 Å². The van der Waals surface area contributed by atoms with Gasteiger partial charge in [0.15, 0.2) is 5.13 Å². The maximum Gasteiger partial charge on any atom is 0.207 e. The summed E-state index contributed by atoms with van der Waals surface area (Å²) in [6, 6.07) is 11.7. The number of benzene rings is 2. The molecule has 4 nitrogen and oxygen atoms in total. The van der Waals surface area contributed by atoms with Gasteiger partial charge < -0.3 is 11.1 Å². The monoisotopic (exact) mass is 415 g/mol. The fourth-order valence-electron chi connectivity index (χ4n) is 2.53. The Morgan fingerprint density at radius 3 is 2.40 bits per heavy atom. The Kier molecular flexibility index (Phi) is 4.92. The number of hydrogen-bond acceptors (Lipinski definition) is 5. The molecule has 1 heterocycles. The number of rotatable bonds is 4. The van der Waals surface area contributed by atoms with E-state index in [0.29, 0.717) is 15.6 Å². The van der Waals surface area contributed by atoms with Gasteiger partial charge in [-0.25, -0.2) is 4.98 Å². The van der Waals surface area contributed by atoms with Crippen LogP contribution in [0, 0.1) is 20.8 Å². The summed E-state index contributed by atoms with van der Waals surface area (Å²) in [5.41, 5.74) is 10.8. The molecule has 3 aromatic rings. The highest BCUT2D eigenvalue weighted by atomic mass is 79.9. The molecule has 128 valence electrons. The molecular weight excluding hydrogens is 398 g/mol. The van der Waals surface area contributed by atoms with Crippen LogP contribution < -0.4 is 11.1 Å². The molecule has 0 saturated carbocycles. The van der Waals surface area contributed by atoms with Crippen LogP contribution in [0.25, 0.3) is 0 Å². The molecule has 0 saturated heterocycles. The lowest BCUT2D eigenvalue weighted by Crippen LogP contribution is -2.05. The molecule has 0 aliphatic heterocycles. The number of aromatic nitrogens is 1. The molecule has 0 aliphatic rings. The molecule has 0 aliphatic carbocycles. The van der Waals surface area contributed by atoms with Crippen molar-refractivity contribution < 1.29 is 4.79 Å². The van der Waals surface area contributed by atoms with Crippen LogP contribution in [0.2, 0.25) is 0 Å². The number of nitrogens with zero attached hydrogens (tertiary/aromatic N) is 1. The van der Waals surface area contributed by atoms with E-state index in [1.54, 1.807) is 0 Å². The van der Waals surface area contributed by atoms with Gasteiger partial charge in [-0.2, -0.15) is 0 Å². The average Bonchev–Trinajstić information content (AvgIpc) is 2.93. The maximum absolute atomic E-state index is 12.9. The molecule has 1 aromatic heterocycles. The van der Waals surface area contributed by atoms with Crippen LogP contribution >= 0.6 is 27.3 Å². The number of anilines is 3. The van der Waals surface area contributed by atoms with Gasteiger partial charge in [0.05, 0.1) is 0 Å². The number of ketones is 1. The van der Waals surface area contributed by atoms with E-state index in [1.165, 1.54) is 16.9 Å². The van der Waals surface area contributed by atoms with Gasteiger partial charge in [0.1, 0.15) is 10.7 Å². The third kappa shape index (κ3) is 3.75. The lowest BCUT2D eigenvalue weighted by atomic mass is 9.97. The highest BCUT2D eigenvalue weighted by Gasteiger charge is 2.20. The van der Waals surface area contributed by atoms with E-state index in [2.05, 4.69) is 26.2 Å². The molecule has 3 N–H and O–H groups in total. The van der Waals surface area contributed by atoms with Crippen LogP contribution in [0.3, 0.4) is 0 Å². The lowest BCUT2D eigenvalue weighted by Gasteiger charge is -2.08. The van der Waals surface area contributed by atoms with E-state index in [4.69, 9.17) is 5.73 Å². The molecule has 0 spiro atoms. The molecule has 0 unspecified atom stereocenters. The van der Waals surface area contributed by atoms with Crippen molar-refractivity contribution in [3.63, 3.8) is 0 Å². The van der Waals surface area contributed by atoms with Crippen molar-refractivity contribution in [1.29, 1.82) is 0 Å². The second kappa shape index (κ2) is 6.98. The number of nitrogens with two attached hydrogens (primary N) is 1. The zero-order valence-corrected chi connectivity index (χ0v) is 16.6. The summed E-state index contributed by atoms with van der Waals surface area (Å²) >= 11 is 4.68. The van der Waals surface area contributed by atoms with Gasteiger partial charge in [-0.05, 0) is 67.8 Å². The highest BCUT2D eigenvalue weighted by molar-refractivity contribution is 9.10. The first kappa shape index (κ1) is 17.6. The zero-order valence-electron chi connectivity index (χ0n) is 14.2. The number of nitrogen functional groups attached to an aromatic ring is 1. The van der Waals surface area contributed by atoms with Gasteiger partial charge in [0, 0.05) is 15.7 Å². The van der Waals surface area contributed by atoms with Crippen molar-refractivity contribution in [1.82, 2.24) is 4.98 Å². The summed E-state index contributed by atoms with van der Waals surface area (Å²) in [6.07, 6.45) is 0. The highest BCUT2D eigenvalue weighted by Crippen LogP contribution is 2.31. The molecule has 0 radical (unpaired) electrons. The van der Waals surface area contributed by atoms with Crippen LogP contribution in [0.5, 0.6) is 0 Å². The van der Waals surface area contributed by atoms with Crippen LogP contribution in [0.4, 0.5) is 16.6 Å². The zero-order chi connectivity index (χ0) is 18.1. The van der Waals surface area contributed by atoms with Crippen molar-refractivity contribution in [2.45, 2.75) is 20.8 Å². The van der Waals surface area contributed by atoms with E-state index in [9.17, 15) is 4.79 Å². The first-order valence-corrected chi connectivity index (χ1v) is 9.37. The van der Waals surface area contributed by atoms with Crippen molar-refractivity contribution in [3.8, 4) is 0 Å². The smallest absolute Gasteiger partial charge is 0.207 e. The SMILES string of the molecule is Cc1cc(C)c(C(=O)c2sc(Nc3ccc(Br)cc3)nc2N)cc1C. The Hall–Kier alpha value is -2.18.